The Morgan fingerprint density at radius 1 is 1.03 bits per heavy atom. The Balaban J connectivity index is 1.58. The van der Waals surface area contributed by atoms with Crippen molar-refractivity contribution in [3.05, 3.63) is 77.0 Å². The van der Waals surface area contributed by atoms with Crippen molar-refractivity contribution in [3.63, 3.8) is 0 Å². The Labute approximate surface area is 182 Å². The second kappa shape index (κ2) is 10.1. The van der Waals surface area contributed by atoms with Gasteiger partial charge in [0, 0.05) is 5.56 Å². The highest BCUT2D eigenvalue weighted by molar-refractivity contribution is 5.98. The van der Waals surface area contributed by atoms with Crippen molar-refractivity contribution in [1.29, 1.82) is 0 Å². The summed E-state index contributed by atoms with van der Waals surface area (Å²) in [7, 11) is 0. The highest BCUT2D eigenvalue weighted by atomic mass is 16.5. The first-order valence-electron chi connectivity index (χ1n) is 10.4. The fourth-order valence-electron chi connectivity index (χ4n) is 3.39. The van der Waals surface area contributed by atoms with E-state index in [0.717, 1.165) is 17.5 Å². The fourth-order valence-corrected chi connectivity index (χ4v) is 3.39. The van der Waals surface area contributed by atoms with Crippen molar-refractivity contribution < 1.29 is 18.8 Å². The largest absolute Gasteiger partial charge is 0.452 e. The lowest BCUT2D eigenvalue weighted by Gasteiger charge is -2.15. The number of aromatic nitrogens is 1. The van der Waals surface area contributed by atoms with Crippen molar-refractivity contribution in [3.8, 4) is 11.3 Å². The van der Waals surface area contributed by atoms with Crippen molar-refractivity contribution in [1.82, 2.24) is 10.5 Å². The summed E-state index contributed by atoms with van der Waals surface area (Å²) >= 11 is 0. The molecule has 0 aliphatic rings. The minimum Gasteiger partial charge on any atom is -0.452 e. The first-order chi connectivity index (χ1) is 14.8. The molecule has 6 nitrogen and oxygen atoms in total. The van der Waals surface area contributed by atoms with E-state index in [4.69, 9.17) is 9.26 Å². The van der Waals surface area contributed by atoms with Crippen molar-refractivity contribution in [2.75, 3.05) is 6.61 Å². The molecule has 0 bridgehead atoms. The first-order valence-corrected chi connectivity index (χ1v) is 10.4. The average Bonchev–Trinajstić information content (AvgIpc) is 3.14. The van der Waals surface area contributed by atoms with E-state index in [0.29, 0.717) is 17.4 Å². The third-order valence-electron chi connectivity index (χ3n) is 4.95. The number of carbonyl (C=O) groups is 2. The second-order valence-corrected chi connectivity index (χ2v) is 8.03. The number of ether oxygens (including phenoxy) is 1. The van der Waals surface area contributed by atoms with Crippen LogP contribution in [0.1, 0.15) is 54.1 Å². The van der Waals surface area contributed by atoms with Gasteiger partial charge in [-0.15, -0.1) is 0 Å². The van der Waals surface area contributed by atoms with Crippen molar-refractivity contribution in [2.45, 2.75) is 40.2 Å². The lowest BCUT2D eigenvalue weighted by Crippen LogP contribution is -2.31. The summed E-state index contributed by atoms with van der Waals surface area (Å²) < 4.78 is 10.4. The predicted octanol–water partition coefficient (Wildman–Crippen LogP) is 4.88. The molecule has 0 aliphatic heterocycles. The molecule has 162 valence electrons. The minimum atomic E-state index is -0.640. The van der Waals surface area contributed by atoms with Crippen LogP contribution in [0.25, 0.3) is 11.3 Å². The van der Waals surface area contributed by atoms with E-state index in [2.05, 4.69) is 36.5 Å². The number of rotatable bonds is 8. The molecule has 2 aromatic carbocycles. The fraction of sp³-hybridized carbons (Fsp3) is 0.320. The molecular formula is C25H28N2O4. The Morgan fingerprint density at radius 3 is 2.35 bits per heavy atom. The van der Waals surface area contributed by atoms with Crippen molar-refractivity contribution in [2.24, 2.45) is 5.92 Å². The average molecular weight is 421 g/mol. The van der Waals surface area contributed by atoms with Gasteiger partial charge in [-0.2, -0.15) is 0 Å². The van der Waals surface area contributed by atoms with Gasteiger partial charge in [0.1, 0.15) is 17.0 Å². The van der Waals surface area contributed by atoms with Gasteiger partial charge in [-0.1, -0.05) is 73.6 Å². The SMILES string of the molecule is Cc1onc(-c2ccccc2)c1C(=O)OCC(=O)N[C@@H](C)c1ccc(CC(C)C)cc1. The molecule has 1 aromatic heterocycles. The standard InChI is InChI=1S/C25H28N2O4/c1-16(2)14-19-10-12-20(13-11-19)17(3)26-22(28)15-30-25(29)23-18(4)31-27-24(23)21-8-6-5-7-9-21/h5-13,16-17H,14-15H2,1-4H3,(H,26,28)/t17-/m0/s1. The molecule has 6 heteroatoms. The first kappa shape index (κ1) is 22.3. The number of esters is 1. The normalized spacial score (nSPS) is 11.9. The third kappa shape index (κ3) is 5.81. The molecule has 0 spiro atoms. The van der Waals surface area contributed by atoms with Crippen LogP contribution in [-0.4, -0.2) is 23.6 Å². The Morgan fingerprint density at radius 2 is 1.71 bits per heavy atom. The lowest BCUT2D eigenvalue weighted by molar-refractivity contribution is -0.124. The molecule has 1 atom stereocenters. The Hall–Kier alpha value is -3.41. The van der Waals surface area contributed by atoms with Gasteiger partial charge in [-0.05, 0) is 37.3 Å². The molecular weight excluding hydrogens is 392 g/mol. The minimum absolute atomic E-state index is 0.198. The van der Waals surface area contributed by atoms with E-state index in [1.807, 2.05) is 49.4 Å². The number of benzene rings is 2. The van der Waals surface area contributed by atoms with Crippen molar-refractivity contribution >= 4 is 11.9 Å². The molecule has 0 aliphatic carbocycles. The smallest absolute Gasteiger partial charge is 0.344 e. The van der Waals surface area contributed by atoms with Crippen LogP contribution in [0.4, 0.5) is 0 Å². The maximum Gasteiger partial charge on any atom is 0.344 e. The quantitative estimate of drug-likeness (QED) is 0.525. The number of nitrogens with zero attached hydrogens (tertiary/aromatic N) is 1. The second-order valence-electron chi connectivity index (χ2n) is 8.03. The zero-order valence-corrected chi connectivity index (χ0v) is 18.3. The van der Waals surface area contributed by atoms with Gasteiger partial charge in [0.15, 0.2) is 6.61 Å². The van der Waals surface area contributed by atoms with Gasteiger partial charge in [-0.25, -0.2) is 4.79 Å². The van der Waals surface area contributed by atoms with Crippen LogP contribution in [0.5, 0.6) is 0 Å². The molecule has 0 saturated heterocycles. The molecule has 1 amide bonds. The number of carbonyl (C=O) groups excluding carboxylic acids is 2. The summed E-state index contributed by atoms with van der Waals surface area (Å²) in [4.78, 5) is 24.9. The molecule has 0 saturated carbocycles. The molecule has 0 unspecified atom stereocenters. The third-order valence-corrected chi connectivity index (χ3v) is 4.95. The van der Waals surface area contributed by atoms with Gasteiger partial charge in [0.2, 0.25) is 0 Å². The summed E-state index contributed by atoms with van der Waals surface area (Å²) in [5.41, 5.74) is 3.63. The zero-order chi connectivity index (χ0) is 22.4. The van der Waals surface area contributed by atoms with Crippen LogP contribution < -0.4 is 5.32 Å². The van der Waals surface area contributed by atoms with E-state index >= 15 is 0 Å². The van der Waals surface area contributed by atoms with E-state index in [9.17, 15) is 9.59 Å². The summed E-state index contributed by atoms with van der Waals surface area (Å²) in [5.74, 6) is -0.0748. The van der Waals surface area contributed by atoms with Crippen LogP contribution in [0, 0.1) is 12.8 Å². The number of aryl methyl sites for hydroxylation is 1. The zero-order valence-electron chi connectivity index (χ0n) is 18.3. The van der Waals surface area contributed by atoms with E-state index < -0.39 is 5.97 Å². The monoisotopic (exact) mass is 420 g/mol. The number of nitrogens with one attached hydrogen (secondary N) is 1. The molecule has 3 aromatic rings. The predicted molar refractivity (Wildman–Crippen MR) is 119 cm³/mol. The van der Waals surface area contributed by atoms with Crippen LogP contribution >= 0.6 is 0 Å². The molecule has 1 heterocycles. The Bertz CT molecular complexity index is 1020. The van der Waals surface area contributed by atoms with Crippen LogP contribution in [0.3, 0.4) is 0 Å². The number of hydrogen-bond donors (Lipinski definition) is 1. The van der Waals surface area contributed by atoms with Gasteiger partial charge in [0.25, 0.3) is 5.91 Å². The Kier molecular flexibility index (Phi) is 7.23. The molecule has 0 radical (unpaired) electrons. The summed E-state index contributed by atoms with van der Waals surface area (Å²) in [6, 6.07) is 17.2. The number of amides is 1. The molecule has 1 N–H and O–H groups in total. The topological polar surface area (TPSA) is 81.4 Å². The van der Waals surface area contributed by atoms with Crippen LogP contribution in [-0.2, 0) is 16.0 Å². The van der Waals surface area contributed by atoms with E-state index in [-0.39, 0.29) is 24.1 Å². The molecule has 0 fully saturated rings. The summed E-state index contributed by atoms with van der Waals surface area (Å²) in [6.07, 6.45) is 1.02. The highest BCUT2D eigenvalue weighted by Crippen LogP contribution is 2.25. The van der Waals surface area contributed by atoms with Gasteiger partial charge < -0.3 is 14.6 Å². The summed E-state index contributed by atoms with van der Waals surface area (Å²) in [5, 5.41) is 6.83. The maximum absolute atomic E-state index is 12.6. The van der Waals surface area contributed by atoms with E-state index in [1.165, 1.54) is 5.56 Å². The lowest BCUT2D eigenvalue weighted by atomic mass is 10.00. The number of hydrogen-bond acceptors (Lipinski definition) is 5. The summed E-state index contributed by atoms with van der Waals surface area (Å²) in [6.45, 7) is 7.52. The maximum atomic E-state index is 12.6. The molecule has 31 heavy (non-hydrogen) atoms. The van der Waals surface area contributed by atoms with Crippen LogP contribution in [0.15, 0.2) is 59.1 Å². The van der Waals surface area contributed by atoms with E-state index in [1.54, 1.807) is 6.92 Å². The van der Waals surface area contributed by atoms with Gasteiger partial charge >= 0.3 is 5.97 Å². The molecule has 3 rings (SSSR count). The van der Waals surface area contributed by atoms with Crippen LogP contribution in [0.2, 0.25) is 0 Å². The highest BCUT2D eigenvalue weighted by Gasteiger charge is 2.23. The van der Waals surface area contributed by atoms with Gasteiger partial charge in [-0.3, -0.25) is 4.79 Å². The van der Waals surface area contributed by atoms with Gasteiger partial charge in [0.05, 0.1) is 6.04 Å².